The van der Waals surface area contributed by atoms with E-state index in [-0.39, 0.29) is 17.1 Å². The molecule has 0 aliphatic heterocycles. The maximum Gasteiger partial charge on any atom is 0.247 e. The minimum absolute atomic E-state index is 0.0150. The van der Waals surface area contributed by atoms with E-state index >= 15 is 4.39 Å². The number of anilines is 4. The molecule has 0 fully saturated rings. The van der Waals surface area contributed by atoms with Gasteiger partial charge in [-0.1, -0.05) is 19.6 Å². The molecule has 0 bridgehead atoms. The number of likely N-dealkylation sites (N-methyl/N-ethyl adjacent to an activating group) is 2. The lowest BCUT2D eigenvalue weighted by molar-refractivity contribution is -0.111. The molecule has 0 atom stereocenters. The van der Waals surface area contributed by atoms with Gasteiger partial charge in [-0.05, 0) is 31.8 Å². The summed E-state index contributed by atoms with van der Waals surface area (Å²) in [5.41, 5.74) is 3.03. The van der Waals surface area contributed by atoms with Gasteiger partial charge in [-0.3, -0.25) is 9.48 Å². The van der Waals surface area contributed by atoms with Crippen molar-refractivity contribution >= 4 is 39.7 Å². The van der Waals surface area contributed by atoms with E-state index in [2.05, 4.69) is 44.1 Å². The minimum Gasteiger partial charge on any atom is -0.494 e. The van der Waals surface area contributed by atoms with Crippen LogP contribution in [0.1, 0.15) is 6.92 Å². The number of aromatic nitrogens is 4. The monoisotopic (exact) mass is 532 g/mol. The largest absolute Gasteiger partial charge is 0.494 e. The number of nitrogens with zero attached hydrogens (tertiary/aromatic N) is 6. The van der Waals surface area contributed by atoms with Crippen molar-refractivity contribution in [1.29, 1.82) is 0 Å². The Balaban J connectivity index is 1.71. The molecule has 2 aromatic carbocycles. The first-order valence-electron chi connectivity index (χ1n) is 12.5. The first kappa shape index (κ1) is 27.5. The summed E-state index contributed by atoms with van der Waals surface area (Å²) in [4.78, 5) is 24.9. The molecule has 2 heterocycles. The van der Waals surface area contributed by atoms with E-state index in [1.165, 1.54) is 13.4 Å². The van der Waals surface area contributed by atoms with Crippen molar-refractivity contribution in [2.24, 2.45) is 7.05 Å². The van der Waals surface area contributed by atoms with Gasteiger partial charge >= 0.3 is 0 Å². The third-order valence-electron chi connectivity index (χ3n) is 6.59. The molecular formula is C28H33FN8O2. The molecule has 0 aliphatic carbocycles. The van der Waals surface area contributed by atoms with Gasteiger partial charge in [0.2, 0.25) is 5.91 Å². The van der Waals surface area contributed by atoms with Gasteiger partial charge in [0.1, 0.15) is 29.3 Å². The van der Waals surface area contributed by atoms with Crippen molar-refractivity contribution in [3.8, 4) is 17.0 Å². The molecule has 4 aromatic rings. The van der Waals surface area contributed by atoms with Gasteiger partial charge in [-0.25, -0.2) is 14.4 Å². The highest BCUT2D eigenvalue weighted by molar-refractivity contribution is 6.02. The van der Waals surface area contributed by atoms with Crippen molar-refractivity contribution in [1.82, 2.24) is 24.6 Å². The molecule has 2 N–H and O–H groups in total. The number of hydrogen-bond acceptors (Lipinski definition) is 8. The Bertz CT molecular complexity index is 1500. The van der Waals surface area contributed by atoms with Crippen LogP contribution in [0.4, 0.5) is 27.3 Å². The van der Waals surface area contributed by atoms with Gasteiger partial charge in [0, 0.05) is 50.3 Å². The van der Waals surface area contributed by atoms with Crippen LogP contribution in [0.15, 0.2) is 55.5 Å². The molecule has 0 saturated heterocycles. The summed E-state index contributed by atoms with van der Waals surface area (Å²) >= 11 is 0. The van der Waals surface area contributed by atoms with Crippen molar-refractivity contribution in [2.45, 2.75) is 6.92 Å². The first-order valence-corrected chi connectivity index (χ1v) is 12.5. The summed E-state index contributed by atoms with van der Waals surface area (Å²) in [6.45, 7) is 7.80. The third kappa shape index (κ3) is 5.99. The minimum atomic E-state index is -0.688. The second kappa shape index (κ2) is 11.9. The number of benzene rings is 2. The Kier molecular flexibility index (Phi) is 8.40. The Morgan fingerprint density at radius 2 is 1.97 bits per heavy atom. The zero-order valence-electron chi connectivity index (χ0n) is 22.8. The number of carbonyl (C=O) groups is 1. The highest BCUT2D eigenvalue weighted by Gasteiger charge is 2.23. The van der Waals surface area contributed by atoms with Gasteiger partial charge < -0.3 is 25.2 Å². The summed E-state index contributed by atoms with van der Waals surface area (Å²) < 4.78 is 23.5. The molecule has 10 nitrogen and oxygen atoms in total. The molecule has 1 amide bonds. The van der Waals surface area contributed by atoms with E-state index in [1.54, 1.807) is 23.0 Å². The lowest BCUT2D eigenvalue weighted by Gasteiger charge is -2.27. The predicted molar refractivity (Wildman–Crippen MR) is 153 cm³/mol. The average Bonchev–Trinajstić information content (AvgIpc) is 3.33. The van der Waals surface area contributed by atoms with Crippen LogP contribution in [0.3, 0.4) is 0 Å². The maximum atomic E-state index is 16.1. The van der Waals surface area contributed by atoms with E-state index in [1.807, 2.05) is 44.2 Å². The SMILES string of the molecule is C=CC(=O)Nc1c(N(C)CCN(C)CC)cc(OC)c(Nc2cc(-c3ccc4c(cnn4C)c3)ncn2)c1F. The maximum absolute atomic E-state index is 16.1. The number of ether oxygens (including phenoxy) is 1. The number of methoxy groups -OCH3 is 1. The van der Waals surface area contributed by atoms with Crippen LogP contribution >= 0.6 is 0 Å². The van der Waals surface area contributed by atoms with E-state index < -0.39 is 11.7 Å². The predicted octanol–water partition coefficient (Wildman–Crippen LogP) is 4.43. The Morgan fingerprint density at radius 1 is 1.18 bits per heavy atom. The average molecular weight is 533 g/mol. The number of aryl methyl sites for hydroxylation is 1. The van der Waals surface area contributed by atoms with Crippen LogP contribution in [0.5, 0.6) is 5.75 Å². The fraction of sp³-hybridized carbons (Fsp3) is 0.286. The summed E-state index contributed by atoms with van der Waals surface area (Å²) in [5.74, 6) is -0.602. The second-order valence-corrected chi connectivity index (χ2v) is 9.13. The van der Waals surface area contributed by atoms with Gasteiger partial charge in [0.25, 0.3) is 0 Å². The zero-order chi connectivity index (χ0) is 28.1. The lowest BCUT2D eigenvalue weighted by Crippen LogP contribution is -2.31. The molecule has 0 unspecified atom stereocenters. The molecule has 11 heteroatoms. The zero-order valence-corrected chi connectivity index (χ0v) is 22.8. The molecule has 204 valence electrons. The number of rotatable bonds is 11. The van der Waals surface area contributed by atoms with E-state index in [9.17, 15) is 4.79 Å². The van der Waals surface area contributed by atoms with Gasteiger partial charge in [0.05, 0.1) is 30.2 Å². The molecule has 4 rings (SSSR count). The Labute approximate surface area is 227 Å². The number of fused-ring (bicyclic) bond motifs is 1. The second-order valence-electron chi connectivity index (χ2n) is 9.13. The number of hydrogen-bond donors (Lipinski definition) is 2. The highest BCUT2D eigenvalue weighted by atomic mass is 19.1. The molecule has 0 radical (unpaired) electrons. The summed E-state index contributed by atoms with van der Waals surface area (Å²) in [5, 5.41) is 10.9. The van der Waals surface area contributed by atoms with Gasteiger partial charge in [0.15, 0.2) is 5.82 Å². The van der Waals surface area contributed by atoms with Gasteiger partial charge in [-0.2, -0.15) is 5.10 Å². The quantitative estimate of drug-likeness (QED) is 0.274. The van der Waals surface area contributed by atoms with E-state index in [4.69, 9.17) is 4.74 Å². The number of nitrogens with one attached hydrogen (secondary N) is 2. The van der Waals surface area contributed by atoms with Crippen molar-refractivity contribution in [3.63, 3.8) is 0 Å². The first-order chi connectivity index (χ1) is 18.7. The number of carbonyl (C=O) groups excluding carboxylic acids is 1. The van der Waals surface area contributed by atoms with Crippen molar-refractivity contribution in [2.75, 3.05) is 56.4 Å². The smallest absolute Gasteiger partial charge is 0.247 e. The van der Waals surface area contributed by atoms with Crippen LogP contribution in [-0.2, 0) is 11.8 Å². The van der Waals surface area contributed by atoms with Crippen LogP contribution in [0.2, 0.25) is 0 Å². The molecule has 39 heavy (non-hydrogen) atoms. The number of halogens is 1. The van der Waals surface area contributed by atoms with Crippen LogP contribution in [-0.4, -0.2) is 71.4 Å². The Morgan fingerprint density at radius 3 is 2.69 bits per heavy atom. The lowest BCUT2D eigenvalue weighted by atomic mass is 10.1. The van der Waals surface area contributed by atoms with Crippen molar-refractivity contribution in [3.05, 3.63) is 61.3 Å². The molecule has 0 aliphatic rings. The van der Waals surface area contributed by atoms with Gasteiger partial charge in [-0.15, -0.1) is 0 Å². The molecule has 2 aromatic heterocycles. The molecular weight excluding hydrogens is 499 g/mol. The van der Waals surface area contributed by atoms with Crippen LogP contribution in [0.25, 0.3) is 22.2 Å². The Hall–Kier alpha value is -4.51. The van der Waals surface area contributed by atoms with E-state index in [0.717, 1.165) is 35.6 Å². The van der Waals surface area contributed by atoms with Crippen LogP contribution in [0, 0.1) is 5.82 Å². The normalized spacial score (nSPS) is 11.1. The standard InChI is InChI=1S/C28H33FN8O2/c1-7-25(38)34-27-22(36(4)12-11-35(3)8-2)15-23(39-6)28(26(27)29)33-24-14-20(30-17-31-24)18-9-10-21-19(13-18)16-32-37(21)5/h7,9-10,13-17H,1,8,11-12H2,2-6H3,(H,34,38)(H,30,31,33). The highest BCUT2D eigenvalue weighted by Crippen LogP contribution is 2.41. The fourth-order valence-corrected chi connectivity index (χ4v) is 4.12. The topological polar surface area (TPSA) is 100 Å². The van der Waals surface area contributed by atoms with Crippen LogP contribution < -0.4 is 20.3 Å². The van der Waals surface area contributed by atoms with Crippen molar-refractivity contribution < 1.29 is 13.9 Å². The molecule has 0 saturated carbocycles. The van der Waals surface area contributed by atoms with E-state index in [0.29, 0.717) is 23.7 Å². The molecule has 0 spiro atoms. The number of amides is 1. The summed E-state index contributed by atoms with van der Waals surface area (Å²) in [6.07, 6.45) is 4.29. The fourth-order valence-electron chi connectivity index (χ4n) is 4.12. The summed E-state index contributed by atoms with van der Waals surface area (Å²) in [7, 11) is 7.19. The third-order valence-corrected chi connectivity index (χ3v) is 6.59. The summed E-state index contributed by atoms with van der Waals surface area (Å²) in [6, 6.07) is 9.31.